The summed E-state index contributed by atoms with van der Waals surface area (Å²) >= 11 is 0. The second kappa shape index (κ2) is 8.63. The van der Waals surface area contributed by atoms with Crippen LogP contribution in [-0.2, 0) is 4.74 Å². The molecule has 34 heavy (non-hydrogen) atoms. The fourth-order valence-electron chi connectivity index (χ4n) is 5.15. The maximum Gasteiger partial charge on any atom is 0.338 e. The van der Waals surface area contributed by atoms with Crippen molar-refractivity contribution in [1.29, 1.82) is 0 Å². The van der Waals surface area contributed by atoms with Crippen molar-refractivity contribution in [2.45, 2.75) is 58.0 Å². The van der Waals surface area contributed by atoms with Gasteiger partial charge < -0.3 is 19.2 Å². The highest BCUT2D eigenvalue weighted by Gasteiger charge is 2.42. The van der Waals surface area contributed by atoms with Gasteiger partial charge in [-0.3, -0.25) is 9.59 Å². The van der Waals surface area contributed by atoms with Crippen LogP contribution in [-0.4, -0.2) is 29.9 Å². The van der Waals surface area contributed by atoms with Crippen LogP contribution in [0.5, 0.6) is 5.75 Å². The van der Waals surface area contributed by atoms with Crippen LogP contribution >= 0.6 is 0 Å². The van der Waals surface area contributed by atoms with Gasteiger partial charge in [0.25, 0.3) is 5.91 Å². The maximum absolute atomic E-state index is 13.3. The predicted octanol–water partition coefficient (Wildman–Crippen LogP) is 5.84. The quantitative estimate of drug-likeness (QED) is 0.491. The predicted molar refractivity (Wildman–Crippen MR) is 127 cm³/mol. The van der Waals surface area contributed by atoms with Gasteiger partial charge in [-0.05, 0) is 69.9 Å². The number of aryl methyl sites for hydroxylation is 1. The Labute approximate surface area is 197 Å². The molecule has 2 aliphatic rings. The molecule has 0 saturated heterocycles. The first-order valence-electron chi connectivity index (χ1n) is 11.8. The molecule has 1 aromatic heterocycles. The van der Waals surface area contributed by atoms with E-state index in [0.717, 1.165) is 25.7 Å². The first-order chi connectivity index (χ1) is 16.4. The molecule has 0 unspecified atom stereocenters. The van der Waals surface area contributed by atoms with E-state index in [-0.39, 0.29) is 18.2 Å². The van der Waals surface area contributed by atoms with Gasteiger partial charge in [0.15, 0.2) is 11.5 Å². The summed E-state index contributed by atoms with van der Waals surface area (Å²) in [6.07, 6.45) is 5.44. The zero-order valence-corrected chi connectivity index (χ0v) is 19.4. The van der Waals surface area contributed by atoms with E-state index in [1.165, 1.54) is 6.42 Å². The molecule has 0 atom stereocenters. The lowest BCUT2D eigenvalue weighted by Crippen LogP contribution is -2.43. The summed E-state index contributed by atoms with van der Waals surface area (Å²) < 4.78 is 17.3. The minimum Gasteiger partial charge on any atom is -0.486 e. The summed E-state index contributed by atoms with van der Waals surface area (Å²) in [5, 5.41) is 3.40. The van der Waals surface area contributed by atoms with Crippen LogP contribution in [0.3, 0.4) is 0 Å². The SMILES string of the molecule is CCOC(=O)c1cccc(NC(=O)c2oc3ccc4c(c3c2C)C(=O)CC2(CCCCC2)O4)c1. The van der Waals surface area contributed by atoms with Crippen LogP contribution < -0.4 is 10.1 Å². The van der Waals surface area contributed by atoms with Crippen molar-refractivity contribution in [2.75, 3.05) is 11.9 Å². The number of fused-ring (bicyclic) bond motifs is 3. The number of ketones is 1. The summed E-state index contributed by atoms with van der Waals surface area (Å²) in [5.41, 5.74) is 1.93. The largest absolute Gasteiger partial charge is 0.486 e. The molecule has 7 nitrogen and oxygen atoms in total. The molecule has 3 aromatic rings. The van der Waals surface area contributed by atoms with Crippen LogP contribution in [0.15, 0.2) is 40.8 Å². The molecule has 5 rings (SSSR count). The molecule has 1 N–H and O–H groups in total. The average molecular weight is 462 g/mol. The Morgan fingerprint density at radius 3 is 2.68 bits per heavy atom. The molecule has 2 aromatic carbocycles. The molecule has 1 amide bonds. The summed E-state index contributed by atoms with van der Waals surface area (Å²) in [4.78, 5) is 38.4. The highest BCUT2D eigenvalue weighted by Crippen LogP contribution is 2.45. The smallest absolute Gasteiger partial charge is 0.338 e. The number of esters is 1. The van der Waals surface area contributed by atoms with Crippen LogP contribution in [0.2, 0.25) is 0 Å². The molecule has 1 aliphatic carbocycles. The number of anilines is 1. The van der Waals surface area contributed by atoms with E-state index in [1.54, 1.807) is 50.2 Å². The summed E-state index contributed by atoms with van der Waals surface area (Å²) in [6, 6.07) is 10.1. The summed E-state index contributed by atoms with van der Waals surface area (Å²) in [6.45, 7) is 3.77. The van der Waals surface area contributed by atoms with E-state index in [0.29, 0.717) is 45.5 Å². The number of furan rings is 1. The van der Waals surface area contributed by atoms with Crippen molar-refractivity contribution >= 4 is 34.3 Å². The molecule has 1 saturated carbocycles. The summed E-state index contributed by atoms with van der Waals surface area (Å²) in [7, 11) is 0. The third-order valence-corrected chi connectivity index (χ3v) is 6.75. The Morgan fingerprint density at radius 2 is 1.91 bits per heavy atom. The fourth-order valence-corrected chi connectivity index (χ4v) is 5.15. The molecule has 176 valence electrons. The number of carbonyl (C=O) groups is 3. The Balaban J connectivity index is 1.46. The lowest BCUT2D eigenvalue weighted by Gasteiger charge is -2.40. The first kappa shape index (κ1) is 22.2. The molecule has 7 heteroatoms. The molecule has 1 fully saturated rings. The molecule has 0 radical (unpaired) electrons. The van der Waals surface area contributed by atoms with Crippen molar-refractivity contribution < 1.29 is 28.3 Å². The van der Waals surface area contributed by atoms with Gasteiger partial charge in [0, 0.05) is 16.6 Å². The fraction of sp³-hybridized carbons (Fsp3) is 0.370. The van der Waals surface area contributed by atoms with Gasteiger partial charge in [-0.2, -0.15) is 0 Å². The topological polar surface area (TPSA) is 94.8 Å². The molecule has 2 heterocycles. The zero-order valence-electron chi connectivity index (χ0n) is 19.4. The van der Waals surface area contributed by atoms with E-state index >= 15 is 0 Å². The first-order valence-corrected chi connectivity index (χ1v) is 11.8. The van der Waals surface area contributed by atoms with Crippen molar-refractivity contribution in [3.8, 4) is 5.75 Å². The van der Waals surface area contributed by atoms with Crippen LogP contribution in [0, 0.1) is 6.92 Å². The third kappa shape index (κ3) is 3.85. The number of benzene rings is 2. The van der Waals surface area contributed by atoms with Gasteiger partial charge in [-0.25, -0.2) is 4.79 Å². The van der Waals surface area contributed by atoms with Gasteiger partial charge in [0.05, 0.1) is 24.2 Å². The lowest BCUT2D eigenvalue weighted by molar-refractivity contribution is 0.0139. The monoisotopic (exact) mass is 461 g/mol. The highest BCUT2D eigenvalue weighted by atomic mass is 16.5. The molecular weight excluding hydrogens is 434 g/mol. The molecular formula is C27H27NO6. The van der Waals surface area contributed by atoms with Gasteiger partial charge in [0.2, 0.25) is 0 Å². The van der Waals surface area contributed by atoms with E-state index in [1.807, 2.05) is 0 Å². The Morgan fingerprint density at radius 1 is 1.12 bits per heavy atom. The Kier molecular flexibility index (Phi) is 5.63. The maximum atomic E-state index is 13.3. The van der Waals surface area contributed by atoms with E-state index in [2.05, 4.69) is 5.32 Å². The van der Waals surface area contributed by atoms with Crippen molar-refractivity contribution in [1.82, 2.24) is 0 Å². The third-order valence-electron chi connectivity index (χ3n) is 6.75. The lowest BCUT2D eigenvalue weighted by atomic mass is 9.78. The Hall–Kier alpha value is -3.61. The van der Waals surface area contributed by atoms with Crippen LogP contribution in [0.4, 0.5) is 5.69 Å². The van der Waals surface area contributed by atoms with Crippen LogP contribution in [0.25, 0.3) is 11.0 Å². The van der Waals surface area contributed by atoms with Crippen molar-refractivity contribution in [3.05, 3.63) is 58.8 Å². The van der Waals surface area contributed by atoms with Crippen LogP contribution in [0.1, 0.15) is 82.3 Å². The van der Waals surface area contributed by atoms with E-state index in [4.69, 9.17) is 13.9 Å². The van der Waals surface area contributed by atoms with E-state index < -0.39 is 17.5 Å². The molecule has 0 bridgehead atoms. The number of Topliss-reactive ketones (excluding diaryl/α,β-unsaturated/α-hetero) is 1. The van der Waals surface area contributed by atoms with Gasteiger partial charge in [0.1, 0.15) is 16.9 Å². The van der Waals surface area contributed by atoms with E-state index in [9.17, 15) is 14.4 Å². The number of amides is 1. The minimum absolute atomic E-state index is 0.0340. The van der Waals surface area contributed by atoms with Gasteiger partial charge in [-0.15, -0.1) is 0 Å². The zero-order chi connectivity index (χ0) is 23.9. The highest BCUT2D eigenvalue weighted by molar-refractivity contribution is 6.15. The van der Waals surface area contributed by atoms with Crippen molar-refractivity contribution in [2.24, 2.45) is 0 Å². The van der Waals surface area contributed by atoms with Gasteiger partial charge in [-0.1, -0.05) is 12.5 Å². The number of ether oxygens (including phenoxy) is 2. The number of carbonyl (C=O) groups excluding carboxylic acids is 3. The van der Waals surface area contributed by atoms with Gasteiger partial charge >= 0.3 is 5.97 Å². The number of nitrogens with one attached hydrogen (secondary N) is 1. The number of hydrogen-bond acceptors (Lipinski definition) is 6. The average Bonchev–Trinajstić information content (AvgIpc) is 3.16. The number of hydrogen-bond donors (Lipinski definition) is 1. The standard InChI is InChI=1S/C27H27NO6/c1-3-32-26(31)17-8-7-9-18(14-17)28-25(30)24-16(2)22-20(33-24)10-11-21-23(22)19(29)15-27(34-21)12-5-4-6-13-27/h7-11,14H,3-6,12-13,15H2,1-2H3,(H,28,30). The molecule has 1 aliphatic heterocycles. The molecule has 1 spiro atoms. The van der Waals surface area contributed by atoms with Crippen molar-refractivity contribution in [3.63, 3.8) is 0 Å². The number of rotatable bonds is 4. The second-order valence-electron chi connectivity index (χ2n) is 9.07. The minimum atomic E-state index is -0.462. The normalized spacial score (nSPS) is 16.7. The summed E-state index contributed by atoms with van der Waals surface area (Å²) in [5.74, 6) is -0.193. The Bertz CT molecular complexity index is 1300. The second-order valence-corrected chi connectivity index (χ2v) is 9.07.